The second-order valence-electron chi connectivity index (χ2n) is 3.98. The minimum absolute atomic E-state index is 0.103. The molecule has 1 aromatic heterocycles. The minimum Gasteiger partial charge on any atom is -0.489 e. The highest BCUT2D eigenvalue weighted by Gasteiger charge is 2.14. The van der Waals surface area contributed by atoms with Crippen LogP contribution in [0.3, 0.4) is 0 Å². The second kappa shape index (κ2) is 6.95. The summed E-state index contributed by atoms with van der Waals surface area (Å²) in [4.78, 5) is 23.7. The molecule has 0 saturated heterocycles. The van der Waals surface area contributed by atoms with Crippen LogP contribution in [0.5, 0.6) is 5.75 Å². The number of ether oxygens (including phenoxy) is 1. The van der Waals surface area contributed by atoms with Crippen molar-refractivity contribution >= 4 is 11.8 Å². The Balaban J connectivity index is 2.00. The molecule has 2 amide bonds. The molecule has 0 aliphatic carbocycles. The number of furan rings is 1. The van der Waals surface area contributed by atoms with Crippen molar-refractivity contribution in [3.63, 3.8) is 0 Å². The Kier molecular flexibility index (Phi) is 4.76. The molecule has 0 aliphatic rings. The van der Waals surface area contributed by atoms with Gasteiger partial charge in [0.25, 0.3) is 5.91 Å². The summed E-state index contributed by atoms with van der Waals surface area (Å²) in [5.74, 6) is -0.527. The Labute approximate surface area is 121 Å². The first-order valence-electron chi connectivity index (χ1n) is 6.19. The molecule has 2 rings (SSSR count). The van der Waals surface area contributed by atoms with Gasteiger partial charge in [-0.05, 0) is 24.3 Å². The maximum absolute atomic E-state index is 12.0. The zero-order valence-electron chi connectivity index (χ0n) is 11.2. The number of hydrogen-bond acceptors (Lipinski definition) is 4. The number of benzene rings is 1. The third kappa shape index (κ3) is 3.73. The molecule has 21 heavy (non-hydrogen) atoms. The predicted octanol–water partition coefficient (Wildman–Crippen LogP) is 1.92. The SMILES string of the molecule is C=CCOc1ccccc1C(=O)NNC(=O)c1ccco1. The van der Waals surface area contributed by atoms with E-state index in [1.165, 1.54) is 12.3 Å². The van der Waals surface area contributed by atoms with Gasteiger partial charge in [-0.15, -0.1) is 0 Å². The molecule has 0 spiro atoms. The molecule has 1 aromatic carbocycles. The molecule has 2 aromatic rings. The van der Waals surface area contributed by atoms with Gasteiger partial charge in [0.05, 0.1) is 11.8 Å². The van der Waals surface area contributed by atoms with Crippen molar-refractivity contribution in [3.05, 3.63) is 66.6 Å². The van der Waals surface area contributed by atoms with Crippen molar-refractivity contribution in [3.8, 4) is 5.75 Å². The van der Waals surface area contributed by atoms with Gasteiger partial charge in [-0.1, -0.05) is 24.8 Å². The fourth-order valence-electron chi connectivity index (χ4n) is 1.58. The molecule has 6 nitrogen and oxygen atoms in total. The zero-order chi connectivity index (χ0) is 15.1. The maximum Gasteiger partial charge on any atom is 0.305 e. The van der Waals surface area contributed by atoms with E-state index in [4.69, 9.17) is 9.15 Å². The first-order chi connectivity index (χ1) is 10.2. The Hall–Kier alpha value is -3.02. The number of amides is 2. The van der Waals surface area contributed by atoms with E-state index in [0.717, 1.165) is 0 Å². The van der Waals surface area contributed by atoms with Gasteiger partial charge in [0.2, 0.25) is 0 Å². The fraction of sp³-hybridized carbons (Fsp3) is 0.0667. The van der Waals surface area contributed by atoms with E-state index in [9.17, 15) is 9.59 Å². The third-order valence-corrected chi connectivity index (χ3v) is 2.52. The maximum atomic E-state index is 12.0. The zero-order valence-corrected chi connectivity index (χ0v) is 11.2. The molecule has 0 saturated carbocycles. The topological polar surface area (TPSA) is 80.6 Å². The largest absolute Gasteiger partial charge is 0.489 e. The van der Waals surface area contributed by atoms with E-state index in [2.05, 4.69) is 17.4 Å². The minimum atomic E-state index is -0.544. The highest BCUT2D eigenvalue weighted by Crippen LogP contribution is 2.17. The Morgan fingerprint density at radius 1 is 1.14 bits per heavy atom. The Bertz CT molecular complexity index is 635. The average Bonchev–Trinajstić information content (AvgIpc) is 3.05. The normalized spacial score (nSPS) is 9.71. The highest BCUT2D eigenvalue weighted by atomic mass is 16.5. The number of rotatable bonds is 5. The van der Waals surface area contributed by atoms with Crippen LogP contribution in [-0.2, 0) is 0 Å². The molecule has 0 fully saturated rings. The van der Waals surface area contributed by atoms with Crippen LogP contribution in [0.4, 0.5) is 0 Å². The predicted molar refractivity (Wildman–Crippen MR) is 75.8 cm³/mol. The summed E-state index contributed by atoms with van der Waals surface area (Å²) < 4.78 is 10.3. The lowest BCUT2D eigenvalue weighted by atomic mass is 10.2. The molecule has 0 unspecified atom stereocenters. The van der Waals surface area contributed by atoms with Gasteiger partial charge in [-0.3, -0.25) is 20.4 Å². The lowest BCUT2D eigenvalue weighted by molar-refractivity contribution is 0.0829. The van der Waals surface area contributed by atoms with Crippen LogP contribution >= 0.6 is 0 Å². The van der Waals surface area contributed by atoms with E-state index in [1.54, 1.807) is 36.4 Å². The van der Waals surface area contributed by atoms with Gasteiger partial charge in [0, 0.05) is 0 Å². The third-order valence-electron chi connectivity index (χ3n) is 2.52. The Morgan fingerprint density at radius 3 is 2.62 bits per heavy atom. The standard InChI is InChI=1S/C15H14N2O4/c1-2-9-20-12-7-4-3-6-11(12)14(18)16-17-15(19)13-8-5-10-21-13/h2-8,10H,1,9H2,(H,16,18)(H,17,19). The lowest BCUT2D eigenvalue weighted by Gasteiger charge is -2.10. The van der Waals surface area contributed by atoms with E-state index < -0.39 is 11.8 Å². The van der Waals surface area contributed by atoms with Gasteiger partial charge in [0.15, 0.2) is 5.76 Å². The first-order valence-corrected chi connectivity index (χ1v) is 6.19. The molecule has 0 radical (unpaired) electrons. The van der Waals surface area contributed by atoms with Crippen molar-refractivity contribution in [2.24, 2.45) is 0 Å². The van der Waals surface area contributed by atoms with Gasteiger partial charge in [-0.25, -0.2) is 0 Å². The van der Waals surface area contributed by atoms with Crippen molar-refractivity contribution in [2.45, 2.75) is 0 Å². The summed E-state index contributed by atoms with van der Waals surface area (Å²) >= 11 is 0. The summed E-state index contributed by atoms with van der Waals surface area (Å²) in [5.41, 5.74) is 4.86. The lowest BCUT2D eigenvalue weighted by Crippen LogP contribution is -2.41. The molecule has 108 valence electrons. The van der Waals surface area contributed by atoms with E-state index in [-0.39, 0.29) is 12.4 Å². The molecule has 0 bridgehead atoms. The number of hydrazine groups is 1. The average molecular weight is 286 g/mol. The van der Waals surface area contributed by atoms with Crippen LogP contribution in [0.15, 0.2) is 59.7 Å². The molecule has 2 N–H and O–H groups in total. The first kappa shape index (κ1) is 14.4. The van der Waals surface area contributed by atoms with Crippen LogP contribution in [-0.4, -0.2) is 18.4 Å². The summed E-state index contributed by atoms with van der Waals surface area (Å²) in [6.07, 6.45) is 2.95. The number of para-hydroxylation sites is 1. The number of carbonyl (C=O) groups excluding carboxylic acids is 2. The second-order valence-corrected chi connectivity index (χ2v) is 3.98. The van der Waals surface area contributed by atoms with E-state index >= 15 is 0 Å². The van der Waals surface area contributed by atoms with Gasteiger partial charge in [-0.2, -0.15) is 0 Å². The van der Waals surface area contributed by atoms with E-state index in [0.29, 0.717) is 11.3 Å². The molecular formula is C15H14N2O4. The molecule has 6 heteroatoms. The Morgan fingerprint density at radius 2 is 1.90 bits per heavy atom. The fourth-order valence-corrected chi connectivity index (χ4v) is 1.58. The van der Waals surface area contributed by atoms with Crippen molar-refractivity contribution < 1.29 is 18.7 Å². The molecular weight excluding hydrogens is 272 g/mol. The number of nitrogens with one attached hydrogen (secondary N) is 2. The van der Waals surface area contributed by atoms with Gasteiger partial charge < -0.3 is 9.15 Å². The van der Waals surface area contributed by atoms with Crippen LogP contribution in [0.2, 0.25) is 0 Å². The quantitative estimate of drug-likeness (QED) is 0.650. The van der Waals surface area contributed by atoms with Crippen molar-refractivity contribution in [2.75, 3.05) is 6.61 Å². The molecule has 1 heterocycles. The van der Waals surface area contributed by atoms with Crippen LogP contribution in [0, 0.1) is 0 Å². The molecule has 0 aliphatic heterocycles. The smallest absolute Gasteiger partial charge is 0.305 e. The van der Waals surface area contributed by atoms with E-state index in [1.807, 2.05) is 0 Å². The summed E-state index contributed by atoms with van der Waals surface area (Å²) in [7, 11) is 0. The molecule has 0 atom stereocenters. The summed E-state index contributed by atoms with van der Waals surface area (Å²) in [5, 5.41) is 0. The summed E-state index contributed by atoms with van der Waals surface area (Å²) in [6, 6.07) is 9.76. The van der Waals surface area contributed by atoms with Crippen molar-refractivity contribution in [1.82, 2.24) is 10.9 Å². The van der Waals surface area contributed by atoms with Crippen LogP contribution < -0.4 is 15.6 Å². The van der Waals surface area contributed by atoms with Crippen molar-refractivity contribution in [1.29, 1.82) is 0 Å². The van der Waals surface area contributed by atoms with Gasteiger partial charge in [0.1, 0.15) is 12.4 Å². The summed E-state index contributed by atoms with van der Waals surface area (Å²) in [6.45, 7) is 3.83. The van der Waals surface area contributed by atoms with Crippen LogP contribution in [0.1, 0.15) is 20.9 Å². The van der Waals surface area contributed by atoms with Crippen LogP contribution in [0.25, 0.3) is 0 Å². The van der Waals surface area contributed by atoms with Gasteiger partial charge >= 0.3 is 5.91 Å². The number of hydrogen-bond donors (Lipinski definition) is 2. The highest BCUT2D eigenvalue weighted by molar-refractivity contribution is 5.99. The number of carbonyl (C=O) groups is 2. The monoisotopic (exact) mass is 286 g/mol.